The fourth-order valence-corrected chi connectivity index (χ4v) is 4.71. The Kier molecular flexibility index (Phi) is 8.27. The van der Waals surface area contributed by atoms with Crippen molar-refractivity contribution in [2.24, 2.45) is 0 Å². The molecule has 30 heavy (non-hydrogen) atoms. The number of hydrogen-bond donors (Lipinski definition) is 1. The van der Waals surface area contributed by atoms with Gasteiger partial charge in [-0.15, -0.1) is 0 Å². The van der Waals surface area contributed by atoms with Crippen LogP contribution in [0.3, 0.4) is 0 Å². The number of likely N-dealkylation sites (tertiary alicyclic amines) is 1. The molecule has 8 nitrogen and oxygen atoms in total. The number of carbonyl (C=O) groups excluding carboxylic acids is 2. The molecule has 0 unspecified atom stereocenters. The van der Waals surface area contributed by atoms with Gasteiger partial charge in [0.2, 0.25) is 11.8 Å². The third-order valence-electron chi connectivity index (χ3n) is 6.38. The molecular formula is C22H37N5O3. The van der Waals surface area contributed by atoms with E-state index in [2.05, 4.69) is 15.3 Å². The zero-order valence-electron chi connectivity index (χ0n) is 18.7. The normalized spacial score (nSPS) is 18.7. The molecule has 1 aromatic rings. The minimum Gasteiger partial charge on any atom is -0.381 e. The summed E-state index contributed by atoms with van der Waals surface area (Å²) >= 11 is 0. The molecule has 0 atom stereocenters. The van der Waals surface area contributed by atoms with Crippen LogP contribution < -0.4 is 5.32 Å². The second-order valence-corrected chi connectivity index (χ2v) is 8.57. The van der Waals surface area contributed by atoms with E-state index in [9.17, 15) is 9.59 Å². The van der Waals surface area contributed by atoms with Crippen LogP contribution in [-0.2, 0) is 20.9 Å². The van der Waals surface area contributed by atoms with E-state index in [1.165, 1.54) is 0 Å². The zero-order chi connectivity index (χ0) is 21.5. The van der Waals surface area contributed by atoms with Gasteiger partial charge in [-0.25, -0.2) is 0 Å². The van der Waals surface area contributed by atoms with E-state index in [0.717, 1.165) is 69.9 Å². The van der Waals surface area contributed by atoms with E-state index in [1.807, 2.05) is 29.5 Å². The van der Waals surface area contributed by atoms with Gasteiger partial charge in [0.15, 0.2) is 0 Å². The SMILES string of the molecule is CC(=O)N1CCC(N(CCNC(=O)CCn2nc(C)cc2C)C2CCOCC2)CC1. The molecule has 0 aromatic carbocycles. The number of nitrogens with one attached hydrogen (secondary N) is 1. The van der Waals surface area contributed by atoms with Crippen LogP contribution in [0, 0.1) is 13.8 Å². The zero-order valence-corrected chi connectivity index (χ0v) is 18.7. The summed E-state index contributed by atoms with van der Waals surface area (Å²) in [5, 5.41) is 7.52. The molecule has 0 radical (unpaired) electrons. The maximum atomic E-state index is 12.4. The Morgan fingerprint density at radius 1 is 1.17 bits per heavy atom. The fourth-order valence-electron chi connectivity index (χ4n) is 4.71. The number of ether oxygens (including phenoxy) is 1. The summed E-state index contributed by atoms with van der Waals surface area (Å²) in [6.07, 6.45) is 4.53. The Balaban J connectivity index is 1.47. The number of amides is 2. The van der Waals surface area contributed by atoms with E-state index < -0.39 is 0 Å². The first-order valence-corrected chi connectivity index (χ1v) is 11.3. The molecule has 2 fully saturated rings. The van der Waals surface area contributed by atoms with Gasteiger partial charge in [0, 0.05) is 77.1 Å². The first-order valence-electron chi connectivity index (χ1n) is 11.3. The van der Waals surface area contributed by atoms with E-state index in [1.54, 1.807) is 6.92 Å². The predicted molar refractivity (Wildman–Crippen MR) is 115 cm³/mol. The van der Waals surface area contributed by atoms with Crippen LogP contribution in [-0.4, -0.2) is 82.9 Å². The number of hydrogen-bond acceptors (Lipinski definition) is 5. The van der Waals surface area contributed by atoms with Crippen LogP contribution in [0.4, 0.5) is 0 Å². The first-order chi connectivity index (χ1) is 14.4. The van der Waals surface area contributed by atoms with Crippen LogP contribution >= 0.6 is 0 Å². The van der Waals surface area contributed by atoms with Crippen molar-refractivity contribution in [2.75, 3.05) is 39.4 Å². The lowest BCUT2D eigenvalue weighted by atomic mass is 9.98. The molecule has 3 rings (SSSR count). The molecule has 2 aliphatic rings. The summed E-state index contributed by atoms with van der Waals surface area (Å²) in [6, 6.07) is 3.00. The van der Waals surface area contributed by atoms with E-state index in [-0.39, 0.29) is 11.8 Å². The molecule has 0 aliphatic carbocycles. The van der Waals surface area contributed by atoms with Crippen molar-refractivity contribution < 1.29 is 14.3 Å². The van der Waals surface area contributed by atoms with Crippen molar-refractivity contribution in [3.8, 4) is 0 Å². The molecule has 0 saturated carbocycles. The molecule has 2 amide bonds. The topological polar surface area (TPSA) is 79.7 Å². The van der Waals surface area contributed by atoms with Gasteiger partial charge in [0.1, 0.15) is 0 Å². The summed E-state index contributed by atoms with van der Waals surface area (Å²) in [7, 11) is 0. The van der Waals surface area contributed by atoms with Crippen LogP contribution in [0.25, 0.3) is 0 Å². The quantitative estimate of drug-likeness (QED) is 0.691. The molecule has 2 saturated heterocycles. The number of aromatic nitrogens is 2. The lowest BCUT2D eigenvalue weighted by Gasteiger charge is -2.43. The molecule has 168 valence electrons. The van der Waals surface area contributed by atoms with Crippen molar-refractivity contribution in [3.63, 3.8) is 0 Å². The summed E-state index contributed by atoms with van der Waals surface area (Å²) in [4.78, 5) is 28.5. The second kappa shape index (κ2) is 10.9. The highest BCUT2D eigenvalue weighted by molar-refractivity contribution is 5.75. The highest BCUT2D eigenvalue weighted by atomic mass is 16.5. The molecule has 2 aliphatic heterocycles. The largest absolute Gasteiger partial charge is 0.381 e. The Morgan fingerprint density at radius 2 is 1.83 bits per heavy atom. The molecule has 0 spiro atoms. The van der Waals surface area contributed by atoms with Crippen molar-refractivity contribution in [3.05, 3.63) is 17.5 Å². The van der Waals surface area contributed by atoms with Gasteiger partial charge in [0.25, 0.3) is 0 Å². The van der Waals surface area contributed by atoms with E-state index in [4.69, 9.17) is 4.74 Å². The summed E-state index contributed by atoms with van der Waals surface area (Å²) in [5.41, 5.74) is 2.07. The van der Waals surface area contributed by atoms with Gasteiger partial charge >= 0.3 is 0 Å². The van der Waals surface area contributed by atoms with E-state index >= 15 is 0 Å². The van der Waals surface area contributed by atoms with Crippen molar-refractivity contribution in [2.45, 2.75) is 71.5 Å². The second-order valence-electron chi connectivity index (χ2n) is 8.57. The monoisotopic (exact) mass is 419 g/mol. The molecule has 1 N–H and O–H groups in total. The predicted octanol–water partition coefficient (Wildman–Crippen LogP) is 1.50. The van der Waals surface area contributed by atoms with Crippen molar-refractivity contribution in [1.82, 2.24) is 24.9 Å². The minimum atomic E-state index is 0.0703. The van der Waals surface area contributed by atoms with Crippen molar-refractivity contribution in [1.29, 1.82) is 0 Å². The summed E-state index contributed by atoms with van der Waals surface area (Å²) in [6.45, 7) is 11.0. The summed E-state index contributed by atoms with van der Waals surface area (Å²) in [5.74, 6) is 0.238. The van der Waals surface area contributed by atoms with Gasteiger partial charge < -0.3 is 15.0 Å². The fraction of sp³-hybridized carbons (Fsp3) is 0.773. The average molecular weight is 420 g/mol. The van der Waals surface area contributed by atoms with Crippen LogP contribution in [0.2, 0.25) is 0 Å². The highest BCUT2D eigenvalue weighted by Gasteiger charge is 2.31. The maximum absolute atomic E-state index is 12.4. The van der Waals surface area contributed by atoms with Crippen LogP contribution in [0.5, 0.6) is 0 Å². The van der Waals surface area contributed by atoms with Gasteiger partial charge in [-0.05, 0) is 45.6 Å². The third-order valence-corrected chi connectivity index (χ3v) is 6.38. The number of nitrogens with zero attached hydrogens (tertiary/aromatic N) is 4. The Hall–Kier alpha value is -1.93. The van der Waals surface area contributed by atoms with Crippen LogP contribution in [0.1, 0.15) is 50.4 Å². The molecular weight excluding hydrogens is 382 g/mol. The Morgan fingerprint density at radius 3 is 2.43 bits per heavy atom. The lowest BCUT2D eigenvalue weighted by molar-refractivity contribution is -0.130. The Bertz CT molecular complexity index is 706. The van der Waals surface area contributed by atoms with Gasteiger partial charge in [-0.3, -0.25) is 19.2 Å². The molecule has 8 heteroatoms. The number of piperidine rings is 1. The number of aryl methyl sites for hydroxylation is 3. The van der Waals surface area contributed by atoms with Gasteiger partial charge in [0.05, 0.1) is 5.69 Å². The molecule has 3 heterocycles. The lowest BCUT2D eigenvalue weighted by Crippen LogP contribution is -2.53. The third kappa shape index (κ3) is 6.28. The Labute approximate surface area is 179 Å². The molecule has 1 aromatic heterocycles. The van der Waals surface area contributed by atoms with Crippen molar-refractivity contribution >= 4 is 11.8 Å². The first kappa shape index (κ1) is 22.7. The maximum Gasteiger partial charge on any atom is 0.221 e. The smallest absolute Gasteiger partial charge is 0.221 e. The molecule has 0 bridgehead atoms. The minimum absolute atomic E-state index is 0.0703. The number of carbonyl (C=O) groups is 2. The van der Waals surface area contributed by atoms with E-state index in [0.29, 0.717) is 31.6 Å². The van der Waals surface area contributed by atoms with Gasteiger partial charge in [-0.1, -0.05) is 0 Å². The summed E-state index contributed by atoms with van der Waals surface area (Å²) < 4.78 is 7.45. The average Bonchev–Trinajstić information content (AvgIpc) is 3.07. The van der Waals surface area contributed by atoms with Crippen LogP contribution in [0.15, 0.2) is 6.07 Å². The van der Waals surface area contributed by atoms with Gasteiger partial charge in [-0.2, -0.15) is 5.10 Å². The number of rotatable bonds is 8. The standard InChI is InChI=1S/C22H37N5O3/c1-17-16-18(2)27(24-17)12-6-22(29)23-9-13-26(21-7-14-30-15-8-21)20-4-10-25(11-5-20)19(3)28/h16,20-21H,4-15H2,1-3H3,(H,23,29). The highest BCUT2D eigenvalue weighted by Crippen LogP contribution is 2.23.